The molecule has 2 aromatic heterocycles. The summed E-state index contributed by atoms with van der Waals surface area (Å²) in [7, 11) is 3.41. The Morgan fingerprint density at radius 3 is 2.35 bits per heavy atom. The molecule has 1 aromatic carbocycles. The molecule has 0 atom stereocenters. The second kappa shape index (κ2) is 11.3. The van der Waals surface area contributed by atoms with Gasteiger partial charge in [-0.1, -0.05) is 0 Å². The Kier molecular flexibility index (Phi) is 7.89. The van der Waals surface area contributed by atoms with Crippen molar-refractivity contribution in [3.05, 3.63) is 59.8 Å². The monoisotopic (exact) mass is 508 g/mol. The first kappa shape index (κ1) is 25.9. The van der Waals surface area contributed by atoms with Gasteiger partial charge < -0.3 is 40.8 Å². The number of carbonyl (C=O) groups is 3. The van der Waals surface area contributed by atoms with Crippen LogP contribution in [0.15, 0.2) is 42.7 Å². The van der Waals surface area contributed by atoms with Gasteiger partial charge in [0.1, 0.15) is 5.69 Å². The molecule has 0 spiro atoms. The number of aliphatic hydroxyl groups is 1. The summed E-state index contributed by atoms with van der Waals surface area (Å²) in [6, 6.07) is 8.00. The molecule has 0 radical (unpaired) electrons. The van der Waals surface area contributed by atoms with E-state index in [1.165, 1.54) is 0 Å². The van der Waals surface area contributed by atoms with Crippen LogP contribution in [-0.4, -0.2) is 74.1 Å². The van der Waals surface area contributed by atoms with E-state index < -0.39 is 5.91 Å². The first-order valence-corrected chi connectivity index (χ1v) is 12.1. The van der Waals surface area contributed by atoms with E-state index in [2.05, 4.69) is 25.8 Å². The molecule has 0 unspecified atom stereocenters. The summed E-state index contributed by atoms with van der Waals surface area (Å²) in [6.07, 6.45) is 4.48. The fourth-order valence-corrected chi connectivity index (χ4v) is 4.19. The second-order valence-electron chi connectivity index (χ2n) is 9.14. The number of nitrogen functional groups attached to an aromatic ring is 1. The number of rotatable bonds is 8. The first-order valence-electron chi connectivity index (χ1n) is 12.1. The average molecular weight is 509 g/mol. The number of benzene rings is 1. The Morgan fingerprint density at radius 2 is 1.70 bits per heavy atom. The number of aryl methyl sites for hydroxylation is 2. The smallest absolute Gasteiger partial charge is 0.287 e. The standard InChI is InChI=1S/C25H32N8O4/c1-31-14-17(26)13-20(31)24(36)28-18-5-3-16(4-6-18)23(35)30-21-15-32(2)22(29-21)25(37)27-9-12-33-10-7-19(34)8-11-33/h3-6,13-15,19,34H,7-12,26H2,1-2H3,(H,27,37)(H,28,36)(H,30,35). The zero-order chi connectivity index (χ0) is 26.5. The number of aromatic nitrogens is 3. The molecule has 0 saturated carbocycles. The summed E-state index contributed by atoms with van der Waals surface area (Å²) in [5.41, 5.74) is 7.53. The van der Waals surface area contributed by atoms with Crippen LogP contribution in [0.25, 0.3) is 0 Å². The minimum atomic E-state index is -0.398. The highest BCUT2D eigenvalue weighted by Gasteiger charge is 2.19. The van der Waals surface area contributed by atoms with Gasteiger partial charge in [-0.25, -0.2) is 4.98 Å². The number of carbonyl (C=O) groups excluding carboxylic acids is 3. The molecule has 37 heavy (non-hydrogen) atoms. The summed E-state index contributed by atoms with van der Waals surface area (Å²) >= 11 is 0. The maximum Gasteiger partial charge on any atom is 0.287 e. The van der Waals surface area contributed by atoms with Crippen LogP contribution in [0.2, 0.25) is 0 Å². The first-order chi connectivity index (χ1) is 17.7. The lowest BCUT2D eigenvalue weighted by molar-refractivity contribution is 0.0801. The fourth-order valence-electron chi connectivity index (χ4n) is 4.19. The molecule has 0 bridgehead atoms. The maximum atomic E-state index is 12.7. The number of hydrogen-bond donors (Lipinski definition) is 5. The quantitative estimate of drug-likeness (QED) is 0.304. The highest BCUT2D eigenvalue weighted by atomic mass is 16.3. The number of piperidine rings is 1. The summed E-state index contributed by atoms with van der Waals surface area (Å²) in [5, 5.41) is 17.9. The van der Waals surface area contributed by atoms with Crippen molar-refractivity contribution in [2.75, 3.05) is 42.5 Å². The fraction of sp³-hybridized carbons (Fsp3) is 0.360. The average Bonchev–Trinajstić information content (AvgIpc) is 3.41. The number of nitrogens with two attached hydrogens (primary N) is 1. The third-order valence-corrected chi connectivity index (χ3v) is 6.26. The molecule has 1 aliphatic heterocycles. The van der Waals surface area contributed by atoms with Crippen molar-refractivity contribution >= 4 is 34.9 Å². The Morgan fingerprint density at radius 1 is 1.00 bits per heavy atom. The predicted molar refractivity (Wildman–Crippen MR) is 139 cm³/mol. The topological polar surface area (TPSA) is 160 Å². The van der Waals surface area contributed by atoms with E-state index in [4.69, 9.17) is 5.73 Å². The van der Waals surface area contributed by atoms with Crippen LogP contribution >= 0.6 is 0 Å². The molecule has 0 aliphatic carbocycles. The van der Waals surface area contributed by atoms with Crippen molar-refractivity contribution in [3.8, 4) is 0 Å². The molecule has 4 rings (SSSR count). The number of aliphatic hydroxyl groups excluding tert-OH is 1. The van der Waals surface area contributed by atoms with E-state index in [9.17, 15) is 19.5 Å². The SMILES string of the molecule is Cn1cc(N)cc1C(=O)Nc1ccc(C(=O)Nc2cn(C)c(C(=O)NCCN3CCC(O)CC3)n2)cc1. The zero-order valence-electron chi connectivity index (χ0n) is 20.9. The van der Waals surface area contributed by atoms with Crippen LogP contribution in [0.3, 0.4) is 0 Å². The van der Waals surface area contributed by atoms with Crippen LogP contribution in [0.5, 0.6) is 0 Å². The van der Waals surface area contributed by atoms with Gasteiger partial charge in [-0.2, -0.15) is 0 Å². The summed E-state index contributed by atoms with van der Waals surface area (Å²) in [4.78, 5) is 44.1. The third kappa shape index (κ3) is 6.54. The highest BCUT2D eigenvalue weighted by Crippen LogP contribution is 2.16. The van der Waals surface area contributed by atoms with Gasteiger partial charge in [0.15, 0.2) is 5.82 Å². The van der Waals surface area contributed by atoms with Crippen molar-refractivity contribution in [1.82, 2.24) is 24.3 Å². The molecular weight excluding hydrogens is 476 g/mol. The normalized spacial score (nSPS) is 14.4. The number of imidazole rings is 1. The molecule has 1 aliphatic rings. The summed E-state index contributed by atoms with van der Waals surface area (Å²) < 4.78 is 3.19. The molecule has 6 N–H and O–H groups in total. The number of amides is 3. The van der Waals surface area contributed by atoms with Crippen molar-refractivity contribution < 1.29 is 19.5 Å². The largest absolute Gasteiger partial charge is 0.397 e. The van der Waals surface area contributed by atoms with E-state index in [0.29, 0.717) is 35.7 Å². The van der Waals surface area contributed by atoms with Gasteiger partial charge >= 0.3 is 0 Å². The predicted octanol–water partition coefficient (Wildman–Crippen LogP) is 1.03. The highest BCUT2D eigenvalue weighted by molar-refractivity contribution is 6.06. The van der Waals surface area contributed by atoms with Crippen LogP contribution in [0, 0.1) is 0 Å². The Labute approximate surface area is 214 Å². The third-order valence-electron chi connectivity index (χ3n) is 6.26. The van der Waals surface area contributed by atoms with Gasteiger partial charge in [-0.3, -0.25) is 14.4 Å². The Balaban J connectivity index is 1.29. The van der Waals surface area contributed by atoms with Crippen molar-refractivity contribution in [2.45, 2.75) is 18.9 Å². The molecule has 12 nitrogen and oxygen atoms in total. The molecule has 196 valence electrons. The van der Waals surface area contributed by atoms with Gasteiger partial charge in [0.05, 0.1) is 11.8 Å². The van der Waals surface area contributed by atoms with Crippen LogP contribution in [0.4, 0.5) is 17.2 Å². The number of hydrogen-bond acceptors (Lipinski definition) is 7. The van der Waals surface area contributed by atoms with Crippen molar-refractivity contribution in [2.24, 2.45) is 14.1 Å². The van der Waals surface area contributed by atoms with Crippen LogP contribution < -0.4 is 21.7 Å². The lowest BCUT2D eigenvalue weighted by Gasteiger charge is -2.29. The number of nitrogens with zero attached hydrogens (tertiary/aromatic N) is 4. The molecular formula is C25H32N8O4. The maximum absolute atomic E-state index is 12.7. The second-order valence-corrected chi connectivity index (χ2v) is 9.14. The van der Waals surface area contributed by atoms with Crippen LogP contribution in [-0.2, 0) is 14.1 Å². The molecule has 3 heterocycles. The number of nitrogens with one attached hydrogen (secondary N) is 3. The minimum Gasteiger partial charge on any atom is -0.397 e. The lowest BCUT2D eigenvalue weighted by atomic mass is 10.1. The molecule has 3 aromatic rings. The van der Waals surface area contributed by atoms with Crippen LogP contribution in [0.1, 0.15) is 44.3 Å². The molecule has 1 fully saturated rings. The van der Waals surface area contributed by atoms with Gasteiger partial charge in [-0.05, 0) is 43.2 Å². The lowest BCUT2D eigenvalue weighted by Crippen LogP contribution is -2.41. The number of likely N-dealkylation sites (tertiary alicyclic amines) is 1. The minimum absolute atomic E-state index is 0.184. The number of anilines is 3. The van der Waals surface area contributed by atoms with E-state index in [-0.39, 0.29) is 29.6 Å². The van der Waals surface area contributed by atoms with Gasteiger partial charge in [-0.15, -0.1) is 0 Å². The Hall–Kier alpha value is -4.16. The van der Waals surface area contributed by atoms with E-state index in [1.807, 2.05) is 0 Å². The van der Waals surface area contributed by atoms with Crippen molar-refractivity contribution in [3.63, 3.8) is 0 Å². The van der Waals surface area contributed by atoms with E-state index in [0.717, 1.165) is 25.9 Å². The van der Waals surface area contributed by atoms with E-state index >= 15 is 0 Å². The van der Waals surface area contributed by atoms with Gasteiger partial charge in [0.2, 0.25) is 5.82 Å². The summed E-state index contributed by atoms with van der Waals surface area (Å²) in [6.45, 7) is 2.78. The van der Waals surface area contributed by atoms with Gasteiger partial charge in [0.25, 0.3) is 17.7 Å². The van der Waals surface area contributed by atoms with Crippen molar-refractivity contribution in [1.29, 1.82) is 0 Å². The van der Waals surface area contributed by atoms with Gasteiger partial charge in [0, 0.05) is 63.9 Å². The molecule has 1 saturated heterocycles. The van der Waals surface area contributed by atoms with E-state index in [1.54, 1.807) is 66.0 Å². The summed E-state index contributed by atoms with van der Waals surface area (Å²) in [5.74, 6) is -0.610. The molecule has 12 heteroatoms. The zero-order valence-corrected chi connectivity index (χ0v) is 20.9. The molecule has 3 amide bonds. The Bertz CT molecular complexity index is 1270.